The van der Waals surface area contributed by atoms with Crippen LogP contribution in [0.2, 0.25) is 0 Å². The summed E-state index contributed by atoms with van der Waals surface area (Å²) in [5.74, 6) is -1.05. The smallest absolute Gasteiger partial charge is 0.410 e. The molecule has 1 aliphatic heterocycles. The average Bonchev–Trinajstić information content (AvgIpc) is 2.93. The highest BCUT2D eigenvalue weighted by atomic mass is 79.9. The van der Waals surface area contributed by atoms with Gasteiger partial charge in [0.05, 0.1) is 5.69 Å². The molecular weight excluding hydrogens is 416 g/mol. The Morgan fingerprint density at radius 3 is 2.74 bits per heavy atom. The number of amides is 1. The van der Waals surface area contributed by atoms with Crippen molar-refractivity contribution in [2.75, 3.05) is 13.2 Å². The average molecular weight is 441 g/mol. The number of fused-ring (bicyclic) bond motifs is 2. The lowest BCUT2D eigenvalue weighted by atomic mass is 9.74. The number of nitrogens with zero attached hydrogens (tertiary/aromatic N) is 2. The van der Waals surface area contributed by atoms with Crippen LogP contribution in [0.25, 0.3) is 0 Å². The van der Waals surface area contributed by atoms with E-state index < -0.39 is 23.8 Å². The zero-order chi connectivity index (χ0) is 19.8. The molecule has 27 heavy (non-hydrogen) atoms. The Morgan fingerprint density at radius 2 is 2.15 bits per heavy atom. The summed E-state index contributed by atoms with van der Waals surface area (Å²) in [5, 5.41) is 9.15. The molecule has 0 aromatic carbocycles. The number of carbonyl (C=O) groups excluding carboxylic acids is 1. The lowest BCUT2D eigenvalue weighted by Gasteiger charge is -2.40. The van der Waals surface area contributed by atoms with Crippen LogP contribution in [0.5, 0.6) is 0 Å². The fourth-order valence-electron chi connectivity index (χ4n) is 4.08. The van der Waals surface area contributed by atoms with Crippen molar-refractivity contribution >= 4 is 28.0 Å². The van der Waals surface area contributed by atoms with Crippen molar-refractivity contribution in [1.29, 1.82) is 0 Å². The first-order valence-corrected chi connectivity index (χ1v) is 9.87. The molecule has 2 fully saturated rings. The molecule has 7 nitrogen and oxygen atoms in total. The Labute approximate surface area is 167 Å². The predicted octanol–water partition coefficient (Wildman–Crippen LogP) is 3.56. The number of ether oxygens (including phenoxy) is 2. The van der Waals surface area contributed by atoms with Crippen LogP contribution in [0.4, 0.5) is 4.79 Å². The molecule has 3 rings (SSSR count). The molecular formula is C19H25BrN2O5. The maximum Gasteiger partial charge on any atom is 0.410 e. The third-order valence-corrected chi connectivity index (χ3v) is 5.63. The van der Waals surface area contributed by atoms with Crippen LogP contribution in [0.3, 0.4) is 0 Å². The number of aromatic nitrogens is 1. The first-order valence-electron chi connectivity index (χ1n) is 9.08. The topological polar surface area (TPSA) is 89.0 Å². The second-order valence-corrected chi connectivity index (χ2v) is 9.11. The minimum atomic E-state index is -1.02. The van der Waals surface area contributed by atoms with Crippen LogP contribution in [-0.2, 0) is 19.9 Å². The molecule has 2 bridgehead atoms. The summed E-state index contributed by atoms with van der Waals surface area (Å²) >= 11 is 3.38. The maximum absolute atomic E-state index is 12.6. The highest BCUT2D eigenvalue weighted by Gasteiger charge is 2.54. The molecule has 148 valence electrons. The second-order valence-electron chi connectivity index (χ2n) is 8.19. The maximum atomic E-state index is 12.6. The van der Waals surface area contributed by atoms with E-state index in [2.05, 4.69) is 20.9 Å². The Hall–Kier alpha value is -1.67. The van der Waals surface area contributed by atoms with Crippen molar-refractivity contribution in [2.24, 2.45) is 5.92 Å². The van der Waals surface area contributed by atoms with Crippen LogP contribution in [-0.4, -0.2) is 51.8 Å². The summed E-state index contributed by atoms with van der Waals surface area (Å²) < 4.78 is 12.4. The Balaban J connectivity index is 1.87. The molecule has 1 N–H and O–H groups in total. The van der Waals surface area contributed by atoms with Gasteiger partial charge in [0, 0.05) is 29.2 Å². The van der Waals surface area contributed by atoms with Crippen molar-refractivity contribution in [1.82, 2.24) is 9.88 Å². The van der Waals surface area contributed by atoms with Crippen LogP contribution in [0.1, 0.15) is 45.7 Å². The van der Waals surface area contributed by atoms with Crippen molar-refractivity contribution in [3.05, 3.63) is 28.5 Å². The molecule has 3 unspecified atom stereocenters. The van der Waals surface area contributed by atoms with Gasteiger partial charge in [0.1, 0.15) is 17.8 Å². The van der Waals surface area contributed by atoms with Gasteiger partial charge in [-0.3, -0.25) is 4.98 Å². The van der Waals surface area contributed by atoms with Crippen molar-refractivity contribution in [2.45, 2.75) is 57.3 Å². The van der Waals surface area contributed by atoms with Gasteiger partial charge < -0.3 is 19.5 Å². The van der Waals surface area contributed by atoms with E-state index in [1.807, 2.05) is 32.9 Å². The van der Waals surface area contributed by atoms with Gasteiger partial charge in [0.15, 0.2) is 0 Å². The van der Waals surface area contributed by atoms with E-state index in [1.54, 1.807) is 11.1 Å². The molecule has 1 aromatic heterocycles. The van der Waals surface area contributed by atoms with Gasteiger partial charge in [-0.25, -0.2) is 9.59 Å². The fourth-order valence-corrected chi connectivity index (χ4v) is 4.31. The third-order valence-electron chi connectivity index (χ3n) is 5.17. The molecule has 1 aliphatic carbocycles. The predicted molar refractivity (Wildman–Crippen MR) is 101 cm³/mol. The van der Waals surface area contributed by atoms with E-state index in [4.69, 9.17) is 14.6 Å². The minimum Gasteiger partial charge on any atom is -0.480 e. The van der Waals surface area contributed by atoms with Crippen molar-refractivity contribution in [3.8, 4) is 0 Å². The van der Waals surface area contributed by atoms with Gasteiger partial charge in [0.2, 0.25) is 0 Å². The van der Waals surface area contributed by atoms with Crippen LogP contribution in [0, 0.1) is 5.92 Å². The number of rotatable bonds is 4. The lowest BCUT2D eigenvalue weighted by molar-refractivity contribution is -0.159. The Bertz CT molecular complexity index is 718. The molecule has 2 heterocycles. The van der Waals surface area contributed by atoms with Gasteiger partial charge in [-0.1, -0.05) is 0 Å². The van der Waals surface area contributed by atoms with E-state index >= 15 is 0 Å². The molecule has 0 spiro atoms. The first kappa shape index (κ1) is 20.1. The normalized spacial score (nSPS) is 27.5. The van der Waals surface area contributed by atoms with E-state index in [0.29, 0.717) is 25.1 Å². The third kappa shape index (κ3) is 4.27. The molecule has 8 heteroatoms. The number of carbonyl (C=O) groups is 2. The monoisotopic (exact) mass is 440 g/mol. The van der Waals surface area contributed by atoms with E-state index in [-0.39, 0.29) is 18.1 Å². The summed E-state index contributed by atoms with van der Waals surface area (Å²) in [4.78, 5) is 30.0. The van der Waals surface area contributed by atoms with Crippen molar-refractivity contribution < 1.29 is 24.2 Å². The number of pyridine rings is 1. The lowest BCUT2D eigenvalue weighted by Crippen LogP contribution is -2.43. The number of aliphatic carboxylic acids is 1. The summed E-state index contributed by atoms with van der Waals surface area (Å²) in [6.45, 7) is 5.61. The highest BCUT2D eigenvalue weighted by molar-refractivity contribution is 9.10. The molecule has 1 saturated carbocycles. The summed E-state index contributed by atoms with van der Waals surface area (Å²) in [5.41, 5.74) is -0.661. The number of carboxylic acid groups (broad SMARTS) is 1. The first-order chi connectivity index (χ1) is 12.6. The van der Waals surface area contributed by atoms with Gasteiger partial charge in [-0.05, 0) is 68.1 Å². The van der Waals surface area contributed by atoms with Crippen LogP contribution < -0.4 is 0 Å². The van der Waals surface area contributed by atoms with Gasteiger partial charge in [0.25, 0.3) is 0 Å². The molecule has 1 amide bonds. The largest absolute Gasteiger partial charge is 0.480 e. The van der Waals surface area contributed by atoms with Crippen LogP contribution >= 0.6 is 15.9 Å². The number of carboxylic acids is 1. The van der Waals surface area contributed by atoms with Crippen molar-refractivity contribution in [3.63, 3.8) is 0 Å². The fraction of sp³-hybridized carbons (Fsp3) is 0.632. The molecule has 1 aromatic rings. The van der Waals surface area contributed by atoms with E-state index in [0.717, 1.165) is 10.9 Å². The summed E-state index contributed by atoms with van der Waals surface area (Å²) in [6, 6.07) is 3.82. The Morgan fingerprint density at radius 1 is 1.41 bits per heavy atom. The number of hydrogen-bond acceptors (Lipinski definition) is 5. The zero-order valence-corrected chi connectivity index (χ0v) is 17.4. The van der Waals surface area contributed by atoms with Gasteiger partial charge >= 0.3 is 12.1 Å². The number of likely N-dealkylation sites (tertiary alicyclic amines) is 1. The SMILES string of the molecule is CC(C)(C)OC(=O)N1CC2CC1CCC2(OCC(=O)O)c1ccc(Br)cn1. The van der Waals surface area contributed by atoms with E-state index in [9.17, 15) is 9.59 Å². The zero-order valence-electron chi connectivity index (χ0n) is 15.8. The highest BCUT2D eigenvalue weighted by Crippen LogP contribution is 2.50. The molecule has 2 aliphatic rings. The van der Waals surface area contributed by atoms with Gasteiger partial charge in [-0.15, -0.1) is 0 Å². The number of hydrogen-bond donors (Lipinski definition) is 1. The van der Waals surface area contributed by atoms with Gasteiger partial charge in [-0.2, -0.15) is 0 Å². The molecule has 1 saturated heterocycles. The Kier molecular flexibility index (Phi) is 5.49. The van der Waals surface area contributed by atoms with E-state index in [1.165, 1.54) is 0 Å². The molecule has 0 radical (unpaired) electrons. The standard InChI is InChI=1S/C19H25BrN2O5/c1-18(2,3)27-17(25)22-10-12-8-14(22)6-7-19(12,26-11-16(23)24)15-5-4-13(20)9-21-15/h4-5,9,12,14H,6-8,10-11H2,1-3H3,(H,23,24). The summed E-state index contributed by atoms with van der Waals surface area (Å²) in [6.07, 6.45) is 3.44. The van der Waals surface area contributed by atoms with Crippen LogP contribution in [0.15, 0.2) is 22.8 Å². The minimum absolute atomic E-state index is 0.0307. The quantitative estimate of drug-likeness (QED) is 0.769. The number of halogens is 1. The molecule has 3 atom stereocenters. The summed E-state index contributed by atoms with van der Waals surface area (Å²) in [7, 11) is 0. The second kappa shape index (κ2) is 7.39.